The van der Waals surface area contributed by atoms with Crippen LogP contribution in [0.5, 0.6) is 0 Å². The molecule has 114 valence electrons. The van der Waals surface area contributed by atoms with Crippen LogP contribution < -0.4 is 10.6 Å². The van der Waals surface area contributed by atoms with Crippen molar-refractivity contribution in [2.45, 2.75) is 58.8 Å². The zero-order valence-corrected chi connectivity index (χ0v) is 13.5. The van der Waals surface area contributed by atoms with Crippen molar-refractivity contribution >= 4 is 23.4 Å². The topological polar surface area (TPSA) is 49.8 Å². The quantitative estimate of drug-likeness (QED) is 0.580. The summed E-state index contributed by atoms with van der Waals surface area (Å²) in [6.07, 6.45) is 10.4. The fourth-order valence-corrected chi connectivity index (χ4v) is 2.08. The molecule has 0 fully saturated rings. The monoisotopic (exact) mass is 298 g/mol. The SMILES string of the molecule is CCCCCCCCNc1nc(NCCC)ncc1Cl. The molecule has 2 N–H and O–H groups in total. The molecule has 5 heteroatoms. The standard InChI is InChI=1S/C15H27ClN4/c1-3-5-6-7-8-9-11-17-14-13(16)12-19-15(20-14)18-10-4-2/h12H,3-11H2,1-2H3,(H2,17,18,19,20). The van der Waals surface area contributed by atoms with Gasteiger partial charge >= 0.3 is 0 Å². The van der Waals surface area contributed by atoms with Gasteiger partial charge in [-0.1, -0.05) is 57.6 Å². The van der Waals surface area contributed by atoms with Gasteiger partial charge in [-0.3, -0.25) is 0 Å². The molecule has 0 aliphatic heterocycles. The van der Waals surface area contributed by atoms with Crippen molar-refractivity contribution in [2.75, 3.05) is 23.7 Å². The molecule has 1 aromatic rings. The lowest BCUT2D eigenvalue weighted by Gasteiger charge is -2.09. The first-order valence-corrected chi connectivity index (χ1v) is 8.16. The molecule has 0 aliphatic carbocycles. The Bertz CT molecular complexity index is 371. The Hall–Kier alpha value is -1.03. The zero-order valence-electron chi connectivity index (χ0n) is 12.7. The van der Waals surface area contributed by atoms with E-state index in [0.717, 1.165) is 31.7 Å². The number of hydrogen-bond acceptors (Lipinski definition) is 4. The number of rotatable bonds is 11. The first-order chi connectivity index (χ1) is 9.77. The second-order valence-electron chi connectivity index (χ2n) is 5.01. The lowest BCUT2D eigenvalue weighted by Crippen LogP contribution is -2.08. The van der Waals surface area contributed by atoms with Crippen LogP contribution in [-0.4, -0.2) is 23.1 Å². The Balaban J connectivity index is 2.27. The van der Waals surface area contributed by atoms with Crippen molar-refractivity contribution in [3.8, 4) is 0 Å². The van der Waals surface area contributed by atoms with Gasteiger partial charge in [0.1, 0.15) is 10.8 Å². The van der Waals surface area contributed by atoms with Crippen LogP contribution in [0.25, 0.3) is 0 Å². The van der Waals surface area contributed by atoms with E-state index in [-0.39, 0.29) is 0 Å². The molecule has 0 unspecified atom stereocenters. The van der Waals surface area contributed by atoms with Crippen molar-refractivity contribution in [3.63, 3.8) is 0 Å². The summed E-state index contributed by atoms with van der Waals surface area (Å²) in [7, 11) is 0. The molecule has 0 saturated heterocycles. The smallest absolute Gasteiger partial charge is 0.224 e. The second kappa shape index (κ2) is 10.7. The maximum absolute atomic E-state index is 6.10. The minimum atomic E-state index is 0.582. The Labute approximate surface area is 127 Å². The number of nitrogens with one attached hydrogen (secondary N) is 2. The van der Waals surface area contributed by atoms with Crippen LogP contribution >= 0.6 is 11.6 Å². The molecule has 0 aromatic carbocycles. The molecule has 0 saturated carbocycles. The van der Waals surface area contributed by atoms with E-state index in [1.165, 1.54) is 32.1 Å². The summed E-state index contributed by atoms with van der Waals surface area (Å²) < 4.78 is 0. The van der Waals surface area contributed by atoms with Crippen molar-refractivity contribution in [2.24, 2.45) is 0 Å². The van der Waals surface area contributed by atoms with Crippen LogP contribution in [0, 0.1) is 0 Å². The van der Waals surface area contributed by atoms with Gasteiger partial charge in [-0.2, -0.15) is 4.98 Å². The summed E-state index contributed by atoms with van der Waals surface area (Å²) in [4.78, 5) is 8.55. The van der Waals surface area contributed by atoms with E-state index >= 15 is 0 Å². The number of nitrogens with zero attached hydrogens (tertiary/aromatic N) is 2. The normalized spacial score (nSPS) is 10.6. The van der Waals surface area contributed by atoms with Crippen molar-refractivity contribution < 1.29 is 0 Å². The summed E-state index contributed by atoms with van der Waals surface area (Å²) in [5, 5.41) is 7.04. The Morgan fingerprint density at radius 1 is 0.950 bits per heavy atom. The molecule has 0 amide bonds. The summed E-state index contributed by atoms with van der Waals surface area (Å²) in [6, 6.07) is 0. The fourth-order valence-electron chi connectivity index (χ4n) is 1.93. The van der Waals surface area contributed by atoms with Gasteiger partial charge < -0.3 is 10.6 Å². The average Bonchev–Trinajstić information content (AvgIpc) is 2.46. The molecular formula is C15H27ClN4. The summed E-state index contributed by atoms with van der Waals surface area (Å²) >= 11 is 6.10. The number of hydrogen-bond donors (Lipinski definition) is 2. The van der Waals surface area contributed by atoms with Crippen molar-refractivity contribution in [3.05, 3.63) is 11.2 Å². The van der Waals surface area contributed by atoms with Gasteiger partial charge in [0.15, 0.2) is 0 Å². The predicted octanol–water partition coefficient (Wildman–Crippen LogP) is 4.72. The fraction of sp³-hybridized carbons (Fsp3) is 0.733. The van der Waals surface area contributed by atoms with Crippen molar-refractivity contribution in [1.29, 1.82) is 0 Å². The Morgan fingerprint density at radius 2 is 1.70 bits per heavy atom. The lowest BCUT2D eigenvalue weighted by molar-refractivity contribution is 0.617. The van der Waals surface area contributed by atoms with Crippen LogP contribution in [-0.2, 0) is 0 Å². The molecule has 0 aliphatic rings. The molecule has 1 heterocycles. The third kappa shape index (κ3) is 6.94. The minimum Gasteiger partial charge on any atom is -0.369 e. The second-order valence-corrected chi connectivity index (χ2v) is 5.42. The van der Waals surface area contributed by atoms with Crippen LogP contribution in [0.1, 0.15) is 58.8 Å². The van der Waals surface area contributed by atoms with Crippen LogP contribution in [0.15, 0.2) is 6.20 Å². The number of halogens is 1. The number of unbranched alkanes of at least 4 members (excludes halogenated alkanes) is 5. The molecule has 1 rings (SSSR count). The zero-order chi connectivity index (χ0) is 14.6. The molecule has 20 heavy (non-hydrogen) atoms. The van der Waals surface area contributed by atoms with Crippen molar-refractivity contribution in [1.82, 2.24) is 9.97 Å². The van der Waals surface area contributed by atoms with Crippen LogP contribution in [0.2, 0.25) is 5.02 Å². The van der Waals surface area contributed by atoms with Crippen LogP contribution in [0.4, 0.5) is 11.8 Å². The van der Waals surface area contributed by atoms with E-state index in [9.17, 15) is 0 Å². The minimum absolute atomic E-state index is 0.582. The number of aromatic nitrogens is 2. The van der Waals surface area contributed by atoms with E-state index in [4.69, 9.17) is 11.6 Å². The maximum Gasteiger partial charge on any atom is 0.224 e. The summed E-state index contributed by atoms with van der Waals surface area (Å²) in [5.74, 6) is 1.37. The van der Waals surface area contributed by atoms with Gasteiger partial charge in [0.05, 0.1) is 6.20 Å². The highest BCUT2D eigenvalue weighted by atomic mass is 35.5. The predicted molar refractivity (Wildman–Crippen MR) is 87.7 cm³/mol. The highest BCUT2D eigenvalue weighted by Crippen LogP contribution is 2.19. The molecule has 0 bridgehead atoms. The van der Waals surface area contributed by atoms with Gasteiger partial charge in [-0.15, -0.1) is 0 Å². The number of anilines is 2. The Morgan fingerprint density at radius 3 is 2.45 bits per heavy atom. The van der Waals surface area contributed by atoms with Gasteiger partial charge in [0.2, 0.25) is 5.95 Å². The third-order valence-corrected chi connectivity index (χ3v) is 3.38. The van der Waals surface area contributed by atoms with Gasteiger partial charge in [0.25, 0.3) is 0 Å². The summed E-state index contributed by atoms with van der Waals surface area (Å²) in [6.45, 7) is 6.14. The van der Waals surface area contributed by atoms with E-state index < -0.39 is 0 Å². The molecule has 4 nitrogen and oxygen atoms in total. The molecule has 0 spiro atoms. The van der Waals surface area contributed by atoms with Gasteiger partial charge in [0, 0.05) is 13.1 Å². The van der Waals surface area contributed by atoms with Gasteiger partial charge in [-0.25, -0.2) is 4.98 Å². The molecule has 0 radical (unpaired) electrons. The van der Waals surface area contributed by atoms with E-state index in [0.29, 0.717) is 11.0 Å². The maximum atomic E-state index is 6.10. The van der Waals surface area contributed by atoms with E-state index in [2.05, 4.69) is 34.4 Å². The lowest BCUT2D eigenvalue weighted by atomic mass is 10.1. The first-order valence-electron chi connectivity index (χ1n) is 7.78. The first kappa shape index (κ1) is 17.0. The van der Waals surface area contributed by atoms with Crippen LogP contribution in [0.3, 0.4) is 0 Å². The molecular weight excluding hydrogens is 272 g/mol. The molecule has 0 atom stereocenters. The van der Waals surface area contributed by atoms with E-state index in [1.807, 2.05) is 0 Å². The highest BCUT2D eigenvalue weighted by molar-refractivity contribution is 6.32. The Kier molecular flexibility index (Phi) is 9.13. The van der Waals surface area contributed by atoms with Gasteiger partial charge in [-0.05, 0) is 12.8 Å². The van der Waals surface area contributed by atoms with E-state index in [1.54, 1.807) is 6.20 Å². The highest BCUT2D eigenvalue weighted by Gasteiger charge is 2.04. The molecule has 1 aromatic heterocycles. The largest absolute Gasteiger partial charge is 0.369 e. The average molecular weight is 299 g/mol. The summed E-state index contributed by atoms with van der Waals surface area (Å²) in [5.41, 5.74) is 0. The third-order valence-electron chi connectivity index (χ3n) is 3.10.